The zero-order valence-corrected chi connectivity index (χ0v) is 11.2. The van der Waals surface area contributed by atoms with Crippen molar-refractivity contribution < 1.29 is 15.0 Å². The number of carboxylic acid groups (broad SMARTS) is 1. The summed E-state index contributed by atoms with van der Waals surface area (Å²) in [5.41, 5.74) is 0. The maximum atomic E-state index is 10.4. The van der Waals surface area contributed by atoms with Gasteiger partial charge in [-0.05, 0) is 19.9 Å². The summed E-state index contributed by atoms with van der Waals surface area (Å²) in [6.45, 7) is 2.10. The van der Waals surface area contributed by atoms with Crippen LogP contribution in [0.3, 0.4) is 0 Å². The molecular formula is C13H27NO3. The summed E-state index contributed by atoms with van der Waals surface area (Å²) in [5.74, 6) is -0.897. The Morgan fingerprint density at radius 1 is 1.12 bits per heavy atom. The van der Waals surface area contributed by atoms with Gasteiger partial charge < -0.3 is 10.2 Å². The molecule has 0 amide bonds. The minimum absolute atomic E-state index is 0.0995. The van der Waals surface area contributed by atoms with Crippen molar-refractivity contribution in [1.29, 1.82) is 0 Å². The highest BCUT2D eigenvalue weighted by molar-refractivity contribution is 5.69. The Morgan fingerprint density at radius 2 is 1.65 bits per heavy atom. The molecule has 17 heavy (non-hydrogen) atoms. The number of likely N-dealkylation sites (N-methyl/N-ethyl adjacent to an activating group) is 1. The van der Waals surface area contributed by atoms with Gasteiger partial charge in [0.2, 0.25) is 0 Å². The third-order valence-corrected chi connectivity index (χ3v) is 2.96. The Kier molecular flexibility index (Phi) is 10.2. The summed E-state index contributed by atoms with van der Waals surface area (Å²) in [4.78, 5) is 11.9. The van der Waals surface area contributed by atoms with Gasteiger partial charge >= 0.3 is 5.97 Å². The third kappa shape index (κ3) is 10.3. The fourth-order valence-electron chi connectivity index (χ4n) is 1.82. The van der Waals surface area contributed by atoms with E-state index in [-0.39, 0.29) is 6.54 Å². The summed E-state index contributed by atoms with van der Waals surface area (Å²) in [6.07, 6.45) is 8.50. The highest BCUT2D eigenvalue weighted by Crippen LogP contribution is 2.10. The van der Waals surface area contributed by atoms with Gasteiger partial charge in [-0.1, -0.05) is 45.4 Å². The molecule has 0 saturated heterocycles. The second kappa shape index (κ2) is 10.5. The van der Waals surface area contributed by atoms with Crippen LogP contribution in [0.25, 0.3) is 0 Å². The third-order valence-electron chi connectivity index (χ3n) is 2.96. The van der Waals surface area contributed by atoms with E-state index >= 15 is 0 Å². The molecule has 4 nitrogen and oxygen atoms in total. The van der Waals surface area contributed by atoms with Gasteiger partial charge in [0, 0.05) is 0 Å². The number of nitrogens with zero attached hydrogens (tertiary/aromatic N) is 1. The van der Waals surface area contributed by atoms with Crippen molar-refractivity contribution in [2.75, 3.05) is 13.6 Å². The van der Waals surface area contributed by atoms with E-state index in [9.17, 15) is 9.90 Å². The Bertz CT molecular complexity index is 197. The molecule has 0 heterocycles. The number of carboxylic acids is 1. The molecule has 2 N–H and O–H groups in total. The van der Waals surface area contributed by atoms with Gasteiger partial charge in [0.1, 0.15) is 6.23 Å². The van der Waals surface area contributed by atoms with Crippen molar-refractivity contribution in [2.24, 2.45) is 0 Å². The van der Waals surface area contributed by atoms with E-state index in [1.165, 1.54) is 37.0 Å². The maximum absolute atomic E-state index is 10.4. The number of aliphatic hydroxyl groups is 1. The number of aliphatic carboxylic acids is 1. The smallest absolute Gasteiger partial charge is 0.317 e. The van der Waals surface area contributed by atoms with Gasteiger partial charge in [-0.25, -0.2) is 0 Å². The molecule has 0 aromatic carbocycles. The lowest BCUT2D eigenvalue weighted by atomic mass is 10.1. The van der Waals surface area contributed by atoms with E-state index < -0.39 is 12.2 Å². The Labute approximate surface area is 105 Å². The van der Waals surface area contributed by atoms with Crippen LogP contribution in [0.15, 0.2) is 0 Å². The average molecular weight is 245 g/mol. The fourth-order valence-corrected chi connectivity index (χ4v) is 1.82. The van der Waals surface area contributed by atoms with E-state index in [0.29, 0.717) is 6.42 Å². The maximum Gasteiger partial charge on any atom is 0.317 e. The molecule has 4 heteroatoms. The highest BCUT2D eigenvalue weighted by Gasteiger charge is 2.13. The highest BCUT2D eigenvalue weighted by atomic mass is 16.4. The summed E-state index contributed by atoms with van der Waals surface area (Å²) >= 11 is 0. The summed E-state index contributed by atoms with van der Waals surface area (Å²) in [7, 11) is 1.64. The number of carbonyl (C=O) groups is 1. The van der Waals surface area contributed by atoms with Crippen LogP contribution >= 0.6 is 0 Å². The van der Waals surface area contributed by atoms with Crippen molar-refractivity contribution in [3.63, 3.8) is 0 Å². The minimum Gasteiger partial charge on any atom is -0.480 e. The van der Waals surface area contributed by atoms with Gasteiger partial charge in [-0.15, -0.1) is 0 Å². The van der Waals surface area contributed by atoms with E-state index in [1.54, 1.807) is 7.05 Å². The van der Waals surface area contributed by atoms with Crippen molar-refractivity contribution in [2.45, 2.75) is 64.5 Å². The van der Waals surface area contributed by atoms with Crippen LogP contribution in [-0.4, -0.2) is 40.9 Å². The molecule has 1 atom stereocenters. The lowest BCUT2D eigenvalue weighted by Crippen LogP contribution is -2.35. The lowest BCUT2D eigenvalue weighted by molar-refractivity contribution is -0.140. The standard InChI is InChI=1S/C13H27NO3/c1-3-4-5-6-7-8-9-10-12(15)14(2)11-13(16)17/h12,15H,3-11H2,1-2H3,(H,16,17). The van der Waals surface area contributed by atoms with E-state index in [0.717, 1.165) is 12.8 Å². The van der Waals surface area contributed by atoms with E-state index in [2.05, 4.69) is 6.92 Å². The molecule has 0 fully saturated rings. The molecule has 1 unspecified atom stereocenters. The van der Waals surface area contributed by atoms with Gasteiger partial charge in [-0.3, -0.25) is 9.69 Å². The fraction of sp³-hybridized carbons (Fsp3) is 0.923. The molecule has 0 bridgehead atoms. The summed E-state index contributed by atoms with van der Waals surface area (Å²) in [6, 6.07) is 0. The Morgan fingerprint density at radius 3 is 2.18 bits per heavy atom. The first-order chi connectivity index (χ1) is 8.07. The van der Waals surface area contributed by atoms with Crippen molar-refractivity contribution in [3.05, 3.63) is 0 Å². The van der Waals surface area contributed by atoms with Crippen LogP contribution in [0.4, 0.5) is 0 Å². The van der Waals surface area contributed by atoms with Crippen molar-refractivity contribution in [1.82, 2.24) is 4.90 Å². The first-order valence-corrected chi connectivity index (χ1v) is 6.68. The molecule has 0 radical (unpaired) electrons. The van der Waals surface area contributed by atoms with Crippen LogP contribution < -0.4 is 0 Å². The van der Waals surface area contributed by atoms with E-state index in [4.69, 9.17) is 5.11 Å². The van der Waals surface area contributed by atoms with Crippen LogP contribution in [0, 0.1) is 0 Å². The molecule has 0 aliphatic rings. The lowest BCUT2D eigenvalue weighted by Gasteiger charge is -2.21. The van der Waals surface area contributed by atoms with Crippen molar-refractivity contribution in [3.8, 4) is 0 Å². The first-order valence-electron chi connectivity index (χ1n) is 6.68. The van der Waals surface area contributed by atoms with Crippen LogP contribution in [0.5, 0.6) is 0 Å². The number of unbranched alkanes of at least 4 members (excludes halogenated alkanes) is 6. The molecule has 0 spiro atoms. The quantitative estimate of drug-likeness (QED) is 0.433. The largest absolute Gasteiger partial charge is 0.480 e. The molecular weight excluding hydrogens is 218 g/mol. The molecule has 0 aliphatic carbocycles. The zero-order valence-electron chi connectivity index (χ0n) is 11.2. The van der Waals surface area contributed by atoms with Gasteiger partial charge in [0.25, 0.3) is 0 Å². The number of aliphatic hydroxyl groups excluding tert-OH is 1. The van der Waals surface area contributed by atoms with Crippen LogP contribution in [0.1, 0.15) is 58.3 Å². The first kappa shape index (κ1) is 16.4. The Balaban J connectivity index is 3.38. The monoisotopic (exact) mass is 245 g/mol. The Hall–Kier alpha value is -0.610. The van der Waals surface area contributed by atoms with Gasteiger partial charge in [0.05, 0.1) is 6.54 Å². The molecule has 0 saturated carbocycles. The van der Waals surface area contributed by atoms with Gasteiger partial charge in [-0.2, -0.15) is 0 Å². The predicted molar refractivity (Wildman–Crippen MR) is 68.9 cm³/mol. The summed E-state index contributed by atoms with van der Waals surface area (Å²) < 4.78 is 0. The molecule has 0 aromatic heterocycles. The molecule has 0 aromatic rings. The zero-order chi connectivity index (χ0) is 13.1. The number of hydrogen-bond donors (Lipinski definition) is 2. The topological polar surface area (TPSA) is 60.8 Å². The average Bonchev–Trinajstić information content (AvgIpc) is 2.26. The number of hydrogen-bond acceptors (Lipinski definition) is 3. The molecule has 0 rings (SSSR count). The molecule has 102 valence electrons. The van der Waals surface area contributed by atoms with E-state index in [1.807, 2.05) is 0 Å². The molecule has 0 aliphatic heterocycles. The van der Waals surface area contributed by atoms with Gasteiger partial charge in [0.15, 0.2) is 0 Å². The second-order valence-electron chi connectivity index (χ2n) is 4.70. The minimum atomic E-state index is -0.897. The van der Waals surface area contributed by atoms with Crippen LogP contribution in [-0.2, 0) is 4.79 Å². The SMILES string of the molecule is CCCCCCCCCC(O)N(C)CC(=O)O. The summed E-state index contributed by atoms with van der Waals surface area (Å²) in [5, 5.41) is 18.2. The van der Waals surface area contributed by atoms with Crippen molar-refractivity contribution >= 4 is 5.97 Å². The van der Waals surface area contributed by atoms with Crippen LogP contribution in [0.2, 0.25) is 0 Å². The predicted octanol–water partition coefficient (Wildman–Crippen LogP) is 2.46. The second-order valence-corrected chi connectivity index (χ2v) is 4.70. The number of rotatable bonds is 11. The normalized spacial score (nSPS) is 12.9.